The Balaban J connectivity index is 1.57. The van der Waals surface area contributed by atoms with Crippen LogP contribution in [0.1, 0.15) is 45.6 Å². The third-order valence-electron chi connectivity index (χ3n) is 6.92. The first-order chi connectivity index (χ1) is 13.5. The Morgan fingerprint density at radius 1 is 1.25 bits per heavy atom. The highest BCUT2D eigenvalue weighted by atomic mass is 16.3. The second-order valence-electron chi connectivity index (χ2n) is 8.86. The van der Waals surface area contributed by atoms with Crippen molar-refractivity contribution in [3.63, 3.8) is 0 Å². The molecule has 152 valence electrons. The number of hydrogen-bond donors (Lipinski definition) is 2. The molecule has 0 aromatic carbocycles. The summed E-state index contributed by atoms with van der Waals surface area (Å²) < 4.78 is 0. The molecule has 2 fully saturated rings. The largest absolute Gasteiger partial charge is 0.393 e. The normalized spacial score (nSPS) is 35.8. The highest BCUT2D eigenvalue weighted by Crippen LogP contribution is 2.50. The number of fused-ring (bicyclic) bond motifs is 1. The Hall–Kier alpha value is -1.94. The van der Waals surface area contributed by atoms with Crippen molar-refractivity contribution in [2.24, 2.45) is 35.5 Å². The predicted molar refractivity (Wildman–Crippen MR) is 112 cm³/mol. The van der Waals surface area contributed by atoms with Gasteiger partial charge in [0.05, 0.1) is 6.10 Å². The average Bonchev–Trinajstić information content (AvgIpc) is 2.70. The van der Waals surface area contributed by atoms with E-state index in [0.29, 0.717) is 42.1 Å². The Labute approximate surface area is 169 Å². The van der Waals surface area contributed by atoms with Gasteiger partial charge in [-0.3, -0.25) is 9.78 Å². The van der Waals surface area contributed by atoms with Crippen LogP contribution in [0.15, 0.2) is 48.8 Å². The summed E-state index contributed by atoms with van der Waals surface area (Å²) in [5.74, 6) is 2.98. The van der Waals surface area contributed by atoms with Crippen LogP contribution >= 0.6 is 0 Å². The molecule has 4 heteroatoms. The topological polar surface area (TPSA) is 62.2 Å². The molecule has 2 N–H and O–H groups in total. The van der Waals surface area contributed by atoms with Gasteiger partial charge >= 0.3 is 0 Å². The van der Waals surface area contributed by atoms with Crippen LogP contribution in [0.5, 0.6) is 0 Å². The van der Waals surface area contributed by atoms with Gasteiger partial charge in [0.1, 0.15) is 0 Å². The van der Waals surface area contributed by atoms with Crippen LogP contribution in [0, 0.1) is 35.5 Å². The minimum atomic E-state index is -0.198. The number of pyridine rings is 1. The van der Waals surface area contributed by atoms with E-state index in [4.69, 9.17) is 0 Å². The van der Waals surface area contributed by atoms with E-state index in [0.717, 1.165) is 12.0 Å². The van der Waals surface area contributed by atoms with Crippen molar-refractivity contribution in [1.29, 1.82) is 0 Å². The third kappa shape index (κ3) is 4.91. The second-order valence-corrected chi connectivity index (χ2v) is 8.86. The zero-order chi connectivity index (χ0) is 20.1. The van der Waals surface area contributed by atoms with Crippen LogP contribution in [0.25, 0.3) is 0 Å². The quantitative estimate of drug-likeness (QED) is 0.595. The van der Waals surface area contributed by atoms with E-state index in [9.17, 15) is 9.90 Å². The van der Waals surface area contributed by atoms with Crippen molar-refractivity contribution in [1.82, 2.24) is 10.3 Å². The fourth-order valence-electron chi connectivity index (χ4n) is 5.38. The molecule has 28 heavy (non-hydrogen) atoms. The van der Waals surface area contributed by atoms with Gasteiger partial charge in [-0.15, -0.1) is 0 Å². The maximum atomic E-state index is 12.0. The van der Waals surface area contributed by atoms with Gasteiger partial charge in [-0.2, -0.15) is 0 Å². The van der Waals surface area contributed by atoms with Crippen molar-refractivity contribution in [3.05, 3.63) is 54.4 Å². The molecule has 1 aromatic heterocycles. The molecule has 7 atom stereocenters. The van der Waals surface area contributed by atoms with E-state index in [1.807, 2.05) is 24.3 Å². The Bertz CT molecular complexity index is 698. The number of aliphatic hydroxyl groups excluding tert-OH is 1. The maximum Gasteiger partial charge on any atom is 0.244 e. The lowest BCUT2D eigenvalue weighted by Crippen LogP contribution is -2.47. The summed E-state index contributed by atoms with van der Waals surface area (Å²) in [5, 5.41) is 13.5. The van der Waals surface area contributed by atoms with E-state index in [1.165, 1.54) is 12.8 Å². The molecule has 0 radical (unpaired) electrons. The number of nitrogens with one attached hydrogen (secondary N) is 1. The molecule has 0 unspecified atom stereocenters. The first-order valence-corrected chi connectivity index (χ1v) is 10.7. The number of hydrogen-bond acceptors (Lipinski definition) is 3. The maximum absolute atomic E-state index is 12.0. The van der Waals surface area contributed by atoms with E-state index in [1.54, 1.807) is 18.5 Å². The molecule has 2 saturated carbocycles. The number of aliphatic hydroxyl groups is 1. The highest BCUT2D eigenvalue weighted by Gasteiger charge is 2.46. The highest BCUT2D eigenvalue weighted by molar-refractivity contribution is 5.87. The lowest BCUT2D eigenvalue weighted by molar-refractivity contribution is -0.116. The number of allylic oxidation sites excluding steroid dienone is 3. The first-order valence-electron chi connectivity index (χ1n) is 10.7. The predicted octanol–water partition coefficient (Wildman–Crippen LogP) is 4.13. The number of amides is 1. The van der Waals surface area contributed by atoms with Crippen LogP contribution in [0.3, 0.4) is 0 Å². The second kappa shape index (κ2) is 9.51. The number of carbonyl (C=O) groups is 1. The van der Waals surface area contributed by atoms with Crippen LogP contribution in [0.2, 0.25) is 0 Å². The molecule has 1 amide bonds. The van der Waals surface area contributed by atoms with Gasteiger partial charge in [0.15, 0.2) is 0 Å². The smallest absolute Gasteiger partial charge is 0.244 e. The zero-order valence-corrected chi connectivity index (χ0v) is 17.3. The van der Waals surface area contributed by atoms with Gasteiger partial charge in [0.2, 0.25) is 5.91 Å². The molecular formula is C24H34N2O2. The van der Waals surface area contributed by atoms with Gasteiger partial charge < -0.3 is 10.4 Å². The number of rotatable bonds is 5. The SMILES string of the molecule is C[C@@H]1[C@@H](O)[C@H](C)C[C@@H]2CC[C@H](C)[C@H](/C=C/C=C/C(=O)NCc3cccnc3)[C@H]21. The molecule has 0 aliphatic heterocycles. The van der Waals surface area contributed by atoms with Crippen LogP contribution in [-0.4, -0.2) is 22.1 Å². The number of nitrogens with zero attached hydrogens (tertiary/aromatic N) is 1. The Kier molecular flexibility index (Phi) is 7.06. The van der Waals surface area contributed by atoms with Crippen molar-refractivity contribution < 1.29 is 9.90 Å². The molecule has 1 aromatic rings. The van der Waals surface area contributed by atoms with E-state index >= 15 is 0 Å². The summed E-state index contributed by atoms with van der Waals surface area (Å²) in [6.45, 7) is 7.22. The molecular weight excluding hydrogens is 348 g/mol. The monoisotopic (exact) mass is 382 g/mol. The Morgan fingerprint density at radius 2 is 2.07 bits per heavy atom. The minimum Gasteiger partial charge on any atom is -0.393 e. The standard InChI is InChI=1S/C24H34N2O2/c1-16-10-11-20-13-17(2)24(28)18(3)23(20)21(16)8-4-5-9-22(27)26-15-19-7-6-12-25-14-19/h4-9,12,14,16-18,20-21,23-24,28H,10-11,13,15H2,1-3H3,(H,26,27)/b8-4+,9-5+/t16-,17+,18-,20-,21-,23-,24-/m0/s1. The van der Waals surface area contributed by atoms with Crippen LogP contribution in [-0.2, 0) is 11.3 Å². The fraction of sp³-hybridized carbons (Fsp3) is 0.583. The summed E-state index contributed by atoms with van der Waals surface area (Å²) in [5.41, 5.74) is 0.987. The molecule has 1 heterocycles. The summed E-state index contributed by atoms with van der Waals surface area (Å²) >= 11 is 0. The van der Waals surface area contributed by atoms with Gasteiger partial charge in [-0.05, 0) is 66.4 Å². The Morgan fingerprint density at radius 3 is 2.82 bits per heavy atom. The lowest BCUT2D eigenvalue weighted by Gasteiger charge is -2.50. The zero-order valence-electron chi connectivity index (χ0n) is 17.3. The molecule has 2 aliphatic carbocycles. The van der Waals surface area contributed by atoms with Gasteiger partial charge in [-0.1, -0.05) is 45.1 Å². The van der Waals surface area contributed by atoms with Crippen LogP contribution < -0.4 is 5.32 Å². The van der Waals surface area contributed by atoms with Gasteiger partial charge in [0, 0.05) is 25.0 Å². The van der Waals surface area contributed by atoms with Gasteiger partial charge in [-0.25, -0.2) is 0 Å². The van der Waals surface area contributed by atoms with Crippen molar-refractivity contribution in [3.8, 4) is 0 Å². The molecule has 3 rings (SSSR count). The summed E-state index contributed by atoms with van der Waals surface area (Å²) in [4.78, 5) is 16.1. The number of carbonyl (C=O) groups excluding carboxylic acids is 1. The molecule has 0 saturated heterocycles. The molecule has 0 spiro atoms. The summed E-state index contributed by atoms with van der Waals surface area (Å²) in [7, 11) is 0. The molecule has 2 aliphatic rings. The van der Waals surface area contributed by atoms with Crippen LogP contribution in [0.4, 0.5) is 0 Å². The van der Waals surface area contributed by atoms with E-state index in [-0.39, 0.29) is 12.0 Å². The fourth-order valence-corrected chi connectivity index (χ4v) is 5.38. The van der Waals surface area contributed by atoms with Gasteiger partial charge in [0.25, 0.3) is 0 Å². The molecule has 4 nitrogen and oxygen atoms in total. The molecule has 0 bridgehead atoms. The summed E-state index contributed by atoms with van der Waals surface area (Å²) in [6.07, 6.45) is 14.7. The first kappa shape index (κ1) is 20.8. The van der Waals surface area contributed by atoms with Crippen molar-refractivity contribution >= 4 is 5.91 Å². The van der Waals surface area contributed by atoms with E-state index < -0.39 is 0 Å². The minimum absolute atomic E-state index is 0.0987. The van der Waals surface area contributed by atoms with E-state index in [2.05, 4.69) is 37.1 Å². The van der Waals surface area contributed by atoms with Crippen molar-refractivity contribution in [2.75, 3.05) is 0 Å². The lowest BCUT2D eigenvalue weighted by atomic mass is 9.56. The van der Waals surface area contributed by atoms with Crippen molar-refractivity contribution in [2.45, 2.75) is 52.7 Å². The average molecular weight is 383 g/mol. The number of aromatic nitrogens is 1. The third-order valence-corrected chi connectivity index (χ3v) is 6.92. The summed E-state index contributed by atoms with van der Waals surface area (Å²) in [6, 6.07) is 3.81.